The first-order valence-corrected chi connectivity index (χ1v) is 8.84. The van der Waals surface area contributed by atoms with Gasteiger partial charge >= 0.3 is 11.2 Å². The Kier molecular flexibility index (Phi) is 4.65. The van der Waals surface area contributed by atoms with E-state index in [0.29, 0.717) is 34.2 Å². The van der Waals surface area contributed by atoms with E-state index in [1.165, 1.54) is 0 Å². The van der Waals surface area contributed by atoms with E-state index < -0.39 is 0 Å². The number of ether oxygens (including phenoxy) is 4. The lowest BCUT2D eigenvalue weighted by Crippen LogP contribution is -1.97. The maximum absolute atomic E-state index is 6.20. The molecule has 0 unspecified atom stereocenters. The molecule has 28 heavy (non-hydrogen) atoms. The fourth-order valence-electron chi connectivity index (χ4n) is 3.62. The van der Waals surface area contributed by atoms with Crippen LogP contribution in [0.2, 0.25) is 0 Å². The summed E-state index contributed by atoms with van der Waals surface area (Å²) in [4.78, 5) is 0. The van der Waals surface area contributed by atoms with Crippen molar-refractivity contribution in [1.82, 2.24) is 0 Å². The highest BCUT2D eigenvalue weighted by Gasteiger charge is 2.29. The summed E-state index contributed by atoms with van der Waals surface area (Å²) in [7, 11) is 6.57. The highest BCUT2D eigenvalue weighted by molar-refractivity contribution is 6.14. The van der Waals surface area contributed by atoms with Crippen LogP contribution in [0.3, 0.4) is 0 Å². The van der Waals surface area contributed by atoms with Gasteiger partial charge in [0.1, 0.15) is 33.8 Å². The van der Waals surface area contributed by atoms with E-state index in [0.717, 1.165) is 21.9 Å². The minimum absolute atomic E-state index is 0.685. The molecule has 0 aliphatic heterocycles. The molecular formula is C23H21O5+. The van der Waals surface area contributed by atoms with Crippen LogP contribution >= 0.6 is 0 Å². The molecule has 4 aromatic rings. The largest absolute Gasteiger partial charge is 0.496 e. The molecule has 3 aromatic carbocycles. The molecule has 0 N–H and O–H groups in total. The van der Waals surface area contributed by atoms with Crippen LogP contribution < -0.4 is 18.9 Å². The minimum Gasteiger partial charge on any atom is -0.496 e. The van der Waals surface area contributed by atoms with E-state index in [-0.39, 0.29) is 0 Å². The highest BCUT2D eigenvalue weighted by atomic mass is 16.5. The molecule has 0 radical (unpaired) electrons. The molecule has 0 bridgehead atoms. The summed E-state index contributed by atoms with van der Waals surface area (Å²) in [6.07, 6.45) is 0. The number of hydrogen-bond acceptors (Lipinski definition) is 4. The van der Waals surface area contributed by atoms with Gasteiger partial charge in [-0.1, -0.05) is 6.07 Å². The lowest BCUT2D eigenvalue weighted by atomic mass is 9.94. The Morgan fingerprint density at radius 1 is 0.500 bits per heavy atom. The van der Waals surface area contributed by atoms with E-state index in [9.17, 15) is 0 Å². The third-order valence-electron chi connectivity index (χ3n) is 4.81. The normalized spacial score (nSPS) is 10.9. The van der Waals surface area contributed by atoms with Crippen molar-refractivity contribution in [1.29, 1.82) is 0 Å². The van der Waals surface area contributed by atoms with Gasteiger partial charge in [-0.3, -0.25) is 0 Å². The average Bonchev–Trinajstić information content (AvgIpc) is 2.75. The molecule has 0 saturated heterocycles. The third kappa shape index (κ3) is 2.67. The molecule has 0 atom stereocenters. The van der Waals surface area contributed by atoms with Gasteiger partial charge in [-0.15, -0.1) is 0 Å². The number of hydrogen-bond donors (Lipinski definition) is 0. The van der Waals surface area contributed by atoms with Crippen molar-refractivity contribution in [3.63, 3.8) is 0 Å². The molecule has 1 heterocycles. The highest BCUT2D eigenvalue weighted by Crippen LogP contribution is 2.49. The standard InChI is InChI=1S/C23H21O5/c1-24-14-8-5-9-15(25-2)20(14)23-21-16(26-3)10-6-12-18(21)28-19-13-7-11-17(27-4)22(19)23/h5-13H,1-4H3/q+1. The summed E-state index contributed by atoms with van der Waals surface area (Å²) in [5.74, 6) is 2.75. The van der Waals surface area contributed by atoms with Gasteiger partial charge in [-0.25, -0.2) is 4.42 Å². The van der Waals surface area contributed by atoms with Gasteiger partial charge in [0.15, 0.2) is 0 Å². The molecule has 5 nitrogen and oxygen atoms in total. The van der Waals surface area contributed by atoms with Crippen molar-refractivity contribution in [3.8, 4) is 34.1 Å². The van der Waals surface area contributed by atoms with Gasteiger partial charge in [0.25, 0.3) is 0 Å². The van der Waals surface area contributed by atoms with Gasteiger partial charge in [0.2, 0.25) is 0 Å². The molecular weight excluding hydrogens is 356 g/mol. The smallest absolute Gasteiger partial charge is 0.365 e. The zero-order chi connectivity index (χ0) is 19.7. The molecule has 0 fully saturated rings. The van der Waals surface area contributed by atoms with Gasteiger partial charge < -0.3 is 18.9 Å². The first-order chi connectivity index (χ1) is 13.7. The Hall–Kier alpha value is -3.47. The van der Waals surface area contributed by atoms with Crippen molar-refractivity contribution >= 4 is 21.9 Å². The third-order valence-corrected chi connectivity index (χ3v) is 4.81. The molecule has 0 saturated carbocycles. The predicted molar refractivity (Wildman–Crippen MR) is 110 cm³/mol. The molecule has 142 valence electrons. The first kappa shape index (κ1) is 17.9. The molecule has 1 aromatic heterocycles. The first-order valence-electron chi connectivity index (χ1n) is 8.84. The summed E-state index contributed by atoms with van der Waals surface area (Å²) in [6.45, 7) is 0. The number of benzene rings is 3. The van der Waals surface area contributed by atoms with Crippen LogP contribution in [0, 0.1) is 0 Å². The maximum Gasteiger partial charge on any atom is 0.365 e. The van der Waals surface area contributed by atoms with Gasteiger partial charge in [0.05, 0.1) is 34.0 Å². The zero-order valence-electron chi connectivity index (χ0n) is 16.2. The van der Waals surface area contributed by atoms with Gasteiger partial charge in [-0.05, 0) is 36.4 Å². The second-order valence-electron chi connectivity index (χ2n) is 6.18. The zero-order valence-corrected chi connectivity index (χ0v) is 16.2. The lowest BCUT2D eigenvalue weighted by molar-refractivity contribution is 0.397. The second-order valence-corrected chi connectivity index (χ2v) is 6.18. The fourth-order valence-corrected chi connectivity index (χ4v) is 3.62. The number of fused-ring (bicyclic) bond motifs is 2. The summed E-state index contributed by atoms with van der Waals surface area (Å²) in [5, 5.41) is 1.65. The van der Waals surface area contributed by atoms with E-state index in [1.54, 1.807) is 28.4 Å². The minimum atomic E-state index is 0.685. The van der Waals surface area contributed by atoms with Crippen molar-refractivity contribution in [2.45, 2.75) is 0 Å². The maximum atomic E-state index is 6.20. The van der Waals surface area contributed by atoms with Crippen molar-refractivity contribution < 1.29 is 23.4 Å². The molecule has 0 aliphatic carbocycles. The summed E-state index contributed by atoms with van der Waals surface area (Å²) >= 11 is 0. The van der Waals surface area contributed by atoms with Crippen LogP contribution in [0.5, 0.6) is 23.0 Å². The van der Waals surface area contributed by atoms with Crippen LogP contribution in [0.1, 0.15) is 0 Å². The Morgan fingerprint density at radius 2 is 0.893 bits per heavy atom. The Morgan fingerprint density at radius 3 is 1.32 bits per heavy atom. The van der Waals surface area contributed by atoms with Crippen LogP contribution in [-0.2, 0) is 0 Å². The van der Waals surface area contributed by atoms with Crippen LogP contribution in [-0.4, -0.2) is 28.4 Å². The Balaban J connectivity index is 2.32. The molecule has 0 amide bonds. The van der Waals surface area contributed by atoms with Gasteiger partial charge in [-0.2, -0.15) is 0 Å². The number of rotatable bonds is 5. The van der Waals surface area contributed by atoms with Crippen LogP contribution in [0.25, 0.3) is 33.1 Å². The Bertz CT molecular complexity index is 1080. The second kappa shape index (κ2) is 7.27. The quantitative estimate of drug-likeness (QED) is 0.336. The van der Waals surface area contributed by atoms with Crippen molar-refractivity contribution in [3.05, 3.63) is 54.6 Å². The fraction of sp³-hybridized carbons (Fsp3) is 0.174. The Labute approximate surface area is 163 Å². The number of methoxy groups -OCH3 is 4. The molecule has 4 rings (SSSR count). The lowest BCUT2D eigenvalue weighted by Gasteiger charge is -2.16. The average molecular weight is 377 g/mol. The molecule has 0 aliphatic rings. The molecule has 5 heteroatoms. The van der Waals surface area contributed by atoms with E-state index in [4.69, 9.17) is 23.4 Å². The molecule has 0 spiro atoms. The van der Waals surface area contributed by atoms with Crippen molar-refractivity contribution in [2.75, 3.05) is 28.4 Å². The van der Waals surface area contributed by atoms with E-state index >= 15 is 0 Å². The predicted octanol–water partition coefficient (Wildman–Crippen LogP) is 5.57. The summed E-state index contributed by atoms with van der Waals surface area (Å²) in [6, 6.07) is 17.2. The summed E-state index contributed by atoms with van der Waals surface area (Å²) < 4.78 is 28.9. The monoisotopic (exact) mass is 377 g/mol. The summed E-state index contributed by atoms with van der Waals surface area (Å²) in [5.41, 5.74) is 3.08. The van der Waals surface area contributed by atoms with Gasteiger partial charge in [0, 0.05) is 17.7 Å². The van der Waals surface area contributed by atoms with E-state index in [1.807, 2.05) is 54.6 Å². The topological polar surface area (TPSA) is 48.2 Å². The van der Waals surface area contributed by atoms with Crippen molar-refractivity contribution in [2.24, 2.45) is 0 Å². The van der Waals surface area contributed by atoms with Crippen LogP contribution in [0.15, 0.2) is 59.0 Å². The van der Waals surface area contributed by atoms with Crippen LogP contribution in [0.4, 0.5) is 0 Å². The SMILES string of the molecule is COc1cccc(OC)c1-c1c2c(OC)cccc2[o+]c2cccc(OC)c12. The van der Waals surface area contributed by atoms with E-state index in [2.05, 4.69) is 0 Å².